The molecule has 6 nitrogen and oxygen atoms in total. The van der Waals surface area contributed by atoms with Crippen molar-refractivity contribution in [2.45, 2.75) is 13.2 Å². The first-order valence-electron chi connectivity index (χ1n) is 7.89. The van der Waals surface area contributed by atoms with Crippen molar-refractivity contribution < 1.29 is 32.2 Å². The van der Waals surface area contributed by atoms with E-state index in [1.165, 1.54) is 43.5 Å². The molecule has 0 aliphatic heterocycles. The third-order valence-corrected chi connectivity index (χ3v) is 3.94. The fourth-order valence-corrected chi connectivity index (χ4v) is 2.62. The van der Waals surface area contributed by atoms with E-state index in [-0.39, 0.29) is 34.8 Å². The van der Waals surface area contributed by atoms with Crippen molar-refractivity contribution in [1.29, 1.82) is 0 Å². The van der Waals surface area contributed by atoms with Gasteiger partial charge in [0.2, 0.25) is 5.76 Å². The maximum absolute atomic E-state index is 12.4. The highest BCUT2D eigenvalue weighted by Crippen LogP contribution is 2.29. The molecule has 28 heavy (non-hydrogen) atoms. The van der Waals surface area contributed by atoms with Gasteiger partial charge in [0.25, 0.3) is 0 Å². The zero-order chi connectivity index (χ0) is 20.3. The fraction of sp³-hybridized carbons (Fsp3) is 0.158. The number of hydrogen-bond donors (Lipinski definition) is 0. The third-order valence-electron chi connectivity index (χ3n) is 3.70. The van der Waals surface area contributed by atoms with Crippen molar-refractivity contribution in [2.24, 2.45) is 0 Å². The molecule has 0 spiro atoms. The summed E-state index contributed by atoms with van der Waals surface area (Å²) in [6.07, 6.45) is 0. The molecular weight excluding hydrogens is 398 g/mol. The van der Waals surface area contributed by atoms with Crippen molar-refractivity contribution in [1.82, 2.24) is 0 Å². The Kier molecular flexibility index (Phi) is 5.79. The SMILES string of the molecule is COc1cc(COC(=O)c2cc(=O)c3cc(Cl)ccc3o2)ccc1OC(F)F. The van der Waals surface area contributed by atoms with Gasteiger partial charge in [-0.25, -0.2) is 4.79 Å². The van der Waals surface area contributed by atoms with Gasteiger partial charge >= 0.3 is 12.6 Å². The molecule has 0 aliphatic carbocycles. The molecule has 0 bridgehead atoms. The van der Waals surface area contributed by atoms with Crippen LogP contribution in [-0.4, -0.2) is 19.7 Å². The molecule has 0 unspecified atom stereocenters. The highest BCUT2D eigenvalue weighted by atomic mass is 35.5. The molecule has 1 aromatic heterocycles. The molecule has 0 saturated carbocycles. The van der Waals surface area contributed by atoms with Crippen LogP contribution in [0.3, 0.4) is 0 Å². The molecular formula is C19H13ClF2O6. The molecule has 146 valence electrons. The molecule has 9 heteroatoms. The number of fused-ring (bicyclic) bond motifs is 1. The number of methoxy groups -OCH3 is 1. The second-order valence-corrected chi connectivity index (χ2v) is 5.99. The van der Waals surface area contributed by atoms with E-state index in [4.69, 9.17) is 25.5 Å². The lowest BCUT2D eigenvalue weighted by Gasteiger charge is -2.11. The van der Waals surface area contributed by atoms with Crippen molar-refractivity contribution in [2.75, 3.05) is 7.11 Å². The Hall–Kier alpha value is -3.13. The van der Waals surface area contributed by atoms with Crippen LogP contribution in [0.1, 0.15) is 16.1 Å². The van der Waals surface area contributed by atoms with Crippen LogP contribution < -0.4 is 14.9 Å². The van der Waals surface area contributed by atoms with E-state index in [1.807, 2.05) is 0 Å². The molecule has 0 fully saturated rings. The Morgan fingerprint density at radius 3 is 2.64 bits per heavy atom. The number of rotatable bonds is 6. The first kappa shape index (κ1) is 19.6. The van der Waals surface area contributed by atoms with Crippen molar-refractivity contribution in [3.8, 4) is 11.5 Å². The van der Waals surface area contributed by atoms with Gasteiger partial charge in [-0.2, -0.15) is 8.78 Å². The van der Waals surface area contributed by atoms with E-state index in [9.17, 15) is 18.4 Å². The van der Waals surface area contributed by atoms with Crippen molar-refractivity contribution >= 4 is 28.5 Å². The summed E-state index contributed by atoms with van der Waals surface area (Å²) in [6, 6.07) is 9.55. The lowest BCUT2D eigenvalue weighted by Crippen LogP contribution is -2.10. The summed E-state index contributed by atoms with van der Waals surface area (Å²) in [6.45, 7) is -3.20. The molecule has 0 atom stereocenters. The van der Waals surface area contributed by atoms with Crippen LogP contribution in [-0.2, 0) is 11.3 Å². The number of esters is 1. The molecule has 0 saturated heterocycles. The Morgan fingerprint density at radius 1 is 1.14 bits per heavy atom. The van der Waals surface area contributed by atoms with Crippen LogP contribution in [0, 0.1) is 0 Å². The van der Waals surface area contributed by atoms with Crippen molar-refractivity contribution in [3.63, 3.8) is 0 Å². The lowest BCUT2D eigenvalue weighted by atomic mass is 10.2. The quantitative estimate of drug-likeness (QED) is 0.560. The average molecular weight is 411 g/mol. The number of ether oxygens (including phenoxy) is 3. The van der Waals surface area contributed by atoms with Crippen LogP contribution in [0.25, 0.3) is 11.0 Å². The summed E-state index contributed by atoms with van der Waals surface area (Å²) in [7, 11) is 1.29. The van der Waals surface area contributed by atoms with Crippen LogP contribution >= 0.6 is 11.6 Å². The van der Waals surface area contributed by atoms with Crippen LogP contribution in [0.4, 0.5) is 8.78 Å². The van der Waals surface area contributed by atoms with Crippen LogP contribution in [0.2, 0.25) is 5.02 Å². The van der Waals surface area contributed by atoms with E-state index in [0.717, 1.165) is 6.07 Å². The zero-order valence-electron chi connectivity index (χ0n) is 14.4. The number of halogens is 3. The predicted molar refractivity (Wildman–Crippen MR) is 96.2 cm³/mol. The molecule has 0 aliphatic rings. The zero-order valence-corrected chi connectivity index (χ0v) is 15.2. The largest absolute Gasteiger partial charge is 0.493 e. The van der Waals surface area contributed by atoms with Gasteiger partial charge in [-0.1, -0.05) is 17.7 Å². The monoisotopic (exact) mass is 410 g/mol. The Morgan fingerprint density at radius 2 is 1.93 bits per heavy atom. The standard InChI is InChI=1S/C19H13ClF2O6/c1-25-16-6-10(2-4-15(16)28-19(21)22)9-26-18(24)17-8-13(23)12-7-11(20)3-5-14(12)27-17/h2-8,19H,9H2,1H3. The number of alkyl halides is 2. The molecule has 0 radical (unpaired) electrons. The second kappa shape index (κ2) is 8.26. The van der Waals surface area contributed by atoms with Gasteiger partial charge in [0, 0.05) is 11.1 Å². The minimum absolute atomic E-state index is 0.0583. The average Bonchev–Trinajstić information content (AvgIpc) is 2.66. The third kappa shape index (κ3) is 4.40. The summed E-state index contributed by atoms with van der Waals surface area (Å²) >= 11 is 5.84. The minimum Gasteiger partial charge on any atom is -0.493 e. The number of benzene rings is 2. The number of hydrogen-bond acceptors (Lipinski definition) is 6. The van der Waals surface area contributed by atoms with Gasteiger partial charge < -0.3 is 18.6 Å². The summed E-state index contributed by atoms with van der Waals surface area (Å²) < 4.78 is 44.5. The van der Waals surface area contributed by atoms with Crippen LogP contribution in [0.5, 0.6) is 11.5 Å². The van der Waals surface area contributed by atoms with E-state index in [1.54, 1.807) is 0 Å². The first-order chi connectivity index (χ1) is 13.4. The number of carbonyl (C=O) groups excluding carboxylic acids is 1. The van der Waals surface area contributed by atoms with E-state index < -0.39 is 18.0 Å². The highest BCUT2D eigenvalue weighted by molar-refractivity contribution is 6.31. The molecule has 1 heterocycles. The second-order valence-electron chi connectivity index (χ2n) is 5.56. The summed E-state index contributed by atoms with van der Waals surface area (Å²) in [4.78, 5) is 24.3. The maximum atomic E-state index is 12.4. The maximum Gasteiger partial charge on any atom is 0.387 e. The topological polar surface area (TPSA) is 75.0 Å². The molecule has 3 rings (SSSR count). The lowest BCUT2D eigenvalue weighted by molar-refractivity contribution is -0.0512. The van der Waals surface area contributed by atoms with Gasteiger partial charge in [-0.15, -0.1) is 0 Å². The summed E-state index contributed by atoms with van der Waals surface area (Å²) in [5, 5.41) is 0.603. The highest BCUT2D eigenvalue weighted by Gasteiger charge is 2.16. The van der Waals surface area contributed by atoms with Gasteiger partial charge in [0.1, 0.15) is 12.2 Å². The van der Waals surface area contributed by atoms with Crippen molar-refractivity contribution in [3.05, 3.63) is 69.0 Å². The Balaban J connectivity index is 1.76. The predicted octanol–water partition coefficient (Wildman–Crippen LogP) is 4.41. The normalized spacial score (nSPS) is 10.9. The minimum atomic E-state index is -3.00. The van der Waals surface area contributed by atoms with E-state index in [0.29, 0.717) is 10.6 Å². The molecule has 3 aromatic rings. The fourth-order valence-electron chi connectivity index (χ4n) is 2.44. The molecule has 0 N–H and O–H groups in total. The summed E-state index contributed by atoms with van der Waals surface area (Å²) in [5.41, 5.74) is 0.214. The number of carbonyl (C=O) groups is 1. The van der Waals surface area contributed by atoms with E-state index in [2.05, 4.69) is 4.74 Å². The first-order valence-corrected chi connectivity index (χ1v) is 8.27. The van der Waals surface area contributed by atoms with E-state index >= 15 is 0 Å². The Labute approximate surface area is 162 Å². The van der Waals surface area contributed by atoms with Crippen LogP contribution in [0.15, 0.2) is 51.7 Å². The smallest absolute Gasteiger partial charge is 0.387 e. The van der Waals surface area contributed by atoms with Gasteiger partial charge in [0.15, 0.2) is 16.9 Å². The molecule has 0 amide bonds. The molecule has 2 aromatic carbocycles. The van der Waals surface area contributed by atoms with Gasteiger partial charge in [-0.05, 0) is 35.9 Å². The summed E-state index contributed by atoms with van der Waals surface area (Å²) in [5.74, 6) is -1.22. The Bertz CT molecular complexity index is 1080. The van der Waals surface area contributed by atoms with Gasteiger partial charge in [0.05, 0.1) is 12.5 Å². The van der Waals surface area contributed by atoms with Gasteiger partial charge in [-0.3, -0.25) is 4.79 Å².